The van der Waals surface area contributed by atoms with Crippen LogP contribution >= 0.6 is 0 Å². The number of nitrogens with one attached hydrogen (secondary N) is 2. The Morgan fingerprint density at radius 1 is 0.808 bits per heavy atom. The Morgan fingerprint density at radius 2 is 1.38 bits per heavy atom. The van der Waals surface area contributed by atoms with E-state index < -0.39 is 52.5 Å². The Morgan fingerprint density at radius 3 is 1.94 bits per heavy atom. The number of hydrogen-bond donors (Lipinski definition) is 4. The Labute approximate surface area is 288 Å². The lowest BCUT2D eigenvalue weighted by molar-refractivity contribution is -0.483. The SMILES string of the molecule is C#Cc1ccc(O)c(/C=N/NC(=O)c2ccc(C3(C(F)(F)F)N=[N+]3C#Cc3ccc(O)c(/C=N/NC(=O)c4ccc(C(F)(F)F)cc4F)c3)cc2)c1. The number of carbonyl (C=O) groups excluding carboxylic acids is 2. The number of rotatable bonds is 7. The van der Waals surface area contributed by atoms with E-state index in [2.05, 4.69) is 38.6 Å². The largest absolute Gasteiger partial charge is 0.507 e. The Bertz CT molecular complexity index is 2280. The molecular weight excluding hydrogens is 701 g/mol. The third-order valence-corrected chi connectivity index (χ3v) is 7.27. The summed E-state index contributed by atoms with van der Waals surface area (Å²) < 4.78 is 95.6. The second-order valence-corrected chi connectivity index (χ2v) is 10.7. The summed E-state index contributed by atoms with van der Waals surface area (Å²) in [5.74, 6) is 0.890. The highest BCUT2D eigenvalue weighted by molar-refractivity contribution is 5.96. The molecule has 4 aromatic rings. The summed E-state index contributed by atoms with van der Waals surface area (Å²) in [4.78, 5) is 24.7. The predicted octanol–water partition coefficient (Wildman–Crippen LogP) is 5.97. The first-order valence-electron chi connectivity index (χ1n) is 14.4. The fourth-order valence-corrected chi connectivity index (χ4v) is 4.52. The number of hydrazone groups is 2. The summed E-state index contributed by atoms with van der Waals surface area (Å²) in [6.07, 6.45) is -2.41. The molecule has 17 heteroatoms. The van der Waals surface area contributed by atoms with E-state index >= 15 is 0 Å². The molecule has 1 aliphatic heterocycles. The van der Waals surface area contributed by atoms with Gasteiger partial charge in [-0.3, -0.25) is 9.59 Å². The third-order valence-electron chi connectivity index (χ3n) is 7.27. The Hall–Kier alpha value is -7.01. The molecule has 2 amide bonds. The lowest BCUT2D eigenvalue weighted by Crippen LogP contribution is -2.35. The van der Waals surface area contributed by atoms with Crippen molar-refractivity contribution in [3.05, 3.63) is 129 Å². The number of carbonyl (C=O) groups is 2. The number of hydrogen-bond acceptors (Lipinski definition) is 7. The molecule has 0 aliphatic carbocycles. The van der Waals surface area contributed by atoms with Crippen LogP contribution in [-0.4, -0.2) is 45.3 Å². The number of azo groups is 1. The van der Waals surface area contributed by atoms with Gasteiger partial charge < -0.3 is 10.2 Å². The van der Waals surface area contributed by atoms with Crippen LogP contribution in [0.3, 0.4) is 0 Å². The molecule has 1 atom stereocenters. The van der Waals surface area contributed by atoms with Gasteiger partial charge in [0.25, 0.3) is 17.9 Å². The van der Waals surface area contributed by atoms with E-state index in [1.165, 1.54) is 30.3 Å². The minimum atomic E-state index is -4.94. The average Bonchev–Trinajstić information content (AvgIpc) is 3.85. The van der Waals surface area contributed by atoms with E-state index in [0.29, 0.717) is 22.4 Å². The quantitative estimate of drug-likeness (QED) is 0.0615. The van der Waals surface area contributed by atoms with Crippen molar-refractivity contribution in [3.63, 3.8) is 0 Å². The molecule has 0 saturated carbocycles. The number of aromatic hydroxyl groups is 2. The van der Waals surface area contributed by atoms with Gasteiger partial charge in [-0.1, -0.05) is 5.92 Å². The van der Waals surface area contributed by atoms with Gasteiger partial charge in [0.05, 0.1) is 34.2 Å². The number of terminal acetylenes is 1. The summed E-state index contributed by atoms with van der Waals surface area (Å²) in [6, 6.07) is 15.7. The van der Waals surface area contributed by atoms with Gasteiger partial charge in [-0.25, -0.2) is 15.2 Å². The minimum absolute atomic E-state index is 0.0444. The van der Waals surface area contributed by atoms with Gasteiger partial charge in [-0.2, -0.15) is 36.5 Å². The molecule has 0 spiro atoms. The van der Waals surface area contributed by atoms with Crippen LogP contribution in [0.5, 0.6) is 11.5 Å². The molecule has 0 saturated heterocycles. The molecule has 262 valence electrons. The molecule has 1 heterocycles. The summed E-state index contributed by atoms with van der Waals surface area (Å²) in [7, 11) is 0. The second kappa shape index (κ2) is 14.1. The average molecular weight is 722 g/mol. The Balaban J connectivity index is 1.26. The van der Waals surface area contributed by atoms with Crippen LogP contribution in [-0.2, 0) is 11.8 Å². The molecule has 0 fully saturated rings. The molecule has 4 aromatic carbocycles. The van der Waals surface area contributed by atoms with E-state index in [4.69, 9.17) is 6.42 Å². The van der Waals surface area contributed by atoms with Gasteiger partial charge in [0.1, 0.15) is 17.3 Å². The van der Waals surface area contributed by atoms with Gasteiger partial charge >= 0.3 is 18.0 Å². The molecule has 10 nitrogen and oxygen atoms in total. The minimum Gasteiger partial charge on any atom is -0.507 e. The van der Waals surface area contributed by atoms with Crippen molar-refractivity contribution < 1.29 is 55.2 Å². The van der Waals surface area contributed by atoms with Crippen molar-refractivity contribution in [1.82, 2.24) is 10.9 Å². The van der Waals surface area contributed by atoms with Crippen molar-refractivity contribution in [2.24, 2.45) is 15.3 Å². The molecule has 1 aliphatic rings. The highest BCUT2D eigenvalue weighted by Gasteiger charge is 2.80. The van der Waals surface area contributed by atoms with E-state index in [1.54, 1.807) is 0 Å². The Kier molecular flexibility index (Phi) is 9.82. The van der Waals surface area contributed by atoms with Crippen LogP contribution in [0.2, 0.25) is 0 Å². The summed E-state index contributed by atoms with van der Waals surface area (Å²) >= 11 is 0. The molecule has 4 N–H and O–H groups in total. The van der Waals surface area contributed by atoms with Crippen LogP contribution in [0.4, 0.5) is 30.7 Å². The number of amides is 2. The van der Waals surface area contributed by atoms with Crippen LogP contribution in [0.1, 0.15) is 54.1 Å². The number of benzene rings is 4. The maximum Gasteiger partial charge on any atom is 0.493 e. The molecule has 52 heavy (non-hydrogen) atoms. The number of halogens is 7. The first-order chi connectivity index (χ1) is 24.5. The van der Waals surface area contributed by atoms with Gasteiger partial charge in [0.2, 0.25) is 0 Å². The van der Waals surface area contributed by atoms with Crippen LogP contribution in [0.15, 0.2) is 94.2 Å². The molecule has 0 bridgehead atoms. The molecule has 0 radical (unpaired) electrons. The monoisotopic (exact) mass is 721 g/mol. The van der Waals surface area contributed by atoms with E-state index in [1.807, 2.05) is 5.43 Å². The van der Waals surface area contributed by atoms with E-state index in [9.17, 15) is 50.5 Å². The lowest BCUT2D eigenvalue weighted by Gasteiger charge is -2.10. The van der Waals surface area contributed by atoms with Crippen molar-refractivity contribution in [3.8, 4) is 35.8 Å². The van der Waals surface area contributed by atoms with Crippen molar-refractivity contribution in [2.75, 3.05) is 0 Å². The van der Waals surface area contributed by atoms with Gasteiger partial charge in [-0.15, -0.1) is 6.42 Å². The summed E-state index contributed by atoms with van der Waals surface area (Å²) in [5.41, 5.74) is -0.542. The van der Waals surface area contributed by atoms with Crippen molar-refractivity contribution >= 4 is 24.2 Å². The smallest absolute Gasteiger partial charge is 0.493 e. The molecule has 1 unspecified atom stereocenters. The number of alkyl halides is 6. The highest BCUT2D eigenvalue weighted by atomic mass is 19.4. The van der Waals surface area contributed by atoms with Crippen LogP contribution in [0, 0.1) is 30.1 Å². The highest BCUT2D eigenvalue weighted by Crippen LogP contribution is 2.51. The normalized spacial score (nSPS) is 15.4. The molecule has 5 rings (SSSR count). The second-order valence-electron chi connectivity index (χ2n) is 10.7. The standard InChI is InChI=1S/C35H19F7N6O4/c1-2-20-3-11-29(49)23(15-20)18-43-45-31(51)22-5-7-25(8-6-22)33(35(40,41)42)47-48(33)14-13-21-4-12-30(50)24(16-21)19-44-46-32(52)27-10-9-26(17-28(27)36)34(37,38)39/h1,3-12,15-19,47H,(H2,43,44,45,46,49,50,51,52)/p+1. The molecular formula is C35H20F7N6O4+. The van der Waals surface area contributed by atoms with Gasteiger partial charge in [0, 0.05) is 38.4 Å². The maximum absolute atomic E-state index is 14.3. The topological polar surface area (TPSA) is 139 Å². The van der Waals surface area contributed by atoms with Crippen molar-refractivity contribution in [1.29, 1.82) is 0 Å². The van der Waals surface area contributed by atoms with Gasteiger partial charge in [-0.05, 0) is 78.9 Å². The number of phenolic OH excluding ortho intramolecular Hbond substituents is 2. The first kappa shape index (κ1) is 36.3. The predicted molar refractivity (Wildman–Crippen MR) is 169 cm³/mol. The fraction of sp³-hybridized carbons (Fsp3) is 0.0857. The number of phenols is 2. The van der Waals surface area contributed by atoms with Crippen LogP contribution in [0.25, 0.3) is 0 Å². The summed E-state index contributed by atoms with van der Waals surface area (Å²) in [6.45, 7) is 0. The van der Waals surface area contributed by atoms with Crippen LogP contribution < -0.4 is 10.9 Å². The van der Waals surface area contributed by atoms with E-state index in [-0.39, 0.29) is 39.6 Å². The van der Waals surface area contributed by atoms with E-state index in [0.717, 1.165) is 42.8 Å². The fourth-order valence-electron chi connectivity index (χ4n) is 4.52. The number of nitrogens with zero attached hydrogens (tertiary/aromatic N) is 4. The molecule has 0 aromatic heterocycles. The van der Waals surface area contributed by atoms with Crippen molar-refractivity contribution in [2.45, 2.75) is 18.0 Å². The first-order valence-corrected chi connectivity index (χ1v) is 14.4. The lowest BCUT2D eigenvalue weighted by atomic mass is 10.0. The maximum atomic E-state index is 14.3. The third kappa shape index (κ3) is 7.74. The zero-order valence-corrected chi connectivity index (χ0v) is 25.9. The zero-order chi connectivity index (χ0) is 37.8. The van der Waals surface area contributed by atoms with Gasteiger partial charge in [0.15, 0.2) is 0 Å². The summed E-state index contributed by atoms with van der Waals surface area (Å²) in [5, 5.41) is 30.9. The zero-order valence-electron chi connectivity index (χ0n) is 25.9.